The van der Waals surface area contributed by atoms with Gasteiger partial charge in [0, 0.05) is 5.56 Å². The molecule has 0 fully saturated rings. The van der Waals surface area contributed by atoms with Crippen molar-refractivity contribution in [2.45, 2.75) is 13.8 Å². The highest BCUT2D eigenvalue weighted by molar-refractivity contribution is 5.90. The van der Waals surface area contributed by atoms with Gasteiger partial charge in [-0.05, 0) is 49.2 Å². The van der Waals surface area contributed by atoms with Crippen LogP contribution in [0.1, 0.15) is 22.8 Å². The van der Waals surface area contributed by atoms with Gasteiger partial charge in [-0.25, -0.2) is 4.79 Å². The van der Waals surface area contributed by atoms with Gasteiger partial charge in [0.05, 0.1) is 26.4 Å². The number of esters is 1. The molecule has 0 saturated carbocycles. The number of ether oxygens (including phenoxy) is 3. The second kappa shape index (κ2) is 6.98. The first kappa shape index (κ1) is 15.9. The van der Waals surface area contributed by atoms with E-state index in [1.807, 2.05) is 31.2 Å². The molecule has 2 aromatic rings. The lowest BCUT2D eigenvalue weighted by molar-refractivity contribution is 0.0526. The second-order valence-corrected chi connectivity index (χ2v) is 4.80. The fraction of sp³-hybridized carbons (Fsp3) is 0.278. The molecule has 0 saturated heterocycles. The highest BCUT2D eigenvalue weighted by Crippen LogP contribution is 2.34. The molecule has 0 aliphatic carbocycles. The molecule has 0 atom stereocenters. The van der Waals surface area contributed by atoms with Crippen molar-refractivity contribution in [2.24, 2.45) is 0 Å². The van der Waals surface area contributed by atoms with Gasteiger partial charge in [0.1, 0.15) is 11.5 Å². The molecule has 0 aliphatic rings. The van der Waals surface area contributed by atoms with Gasteiger partial charge in [0.15, 0.2) is 0 Å². The zero-order chi connectivity index (χ0) is 16.1. The number of carbonyl (C=O) groups excluding carboxylic acids is 1. The fourth-order valence-electron chi connectivity index (χ4n) is 2.27. The topological polar surface area (TPSA) is 44.8 Å². The number of hydrogen-bond donors (Lipinski definition) is 0. The van der Waals surface area contributed by atoms with Crippen LogP contribution in [0, 0.1) is 6.92 Å². The summed E-state index contributed by atoms with van der Waals surface area (Å²) in [6, 6.07) is 11.2. The number of benzene rings is 2. The molecule has 0 unspecified atom stereocenters. The molecule has 0 N–H and O–H groups in total. The molecule has 0 bridgehead atoms. The Hall–Kier alpha value is -2.49. The Bertz CT molecular complexity index is 634. The van der Waals surface area contributed by atoms with E-state index in [0.29, 0.717) is 12.2 Å². The smallest absolute Gasteiger partial charge is 0.338 e. The molecule has 0 radical (unpaired) electrons. The van der Waals surface area contributed by atoms with Crippen molar-refractivity contribution < 1.29 is 19.0 Å². The van der Waals surface area contributed by atoms with Gasteiger partial charge < -0.3 is 14.2 Å². The van der Waals surface area contributed by atoms with Gasteiger partial charge in [-0.3, -0.25) is 0 Å². The third kappa shape index (κ3) is 3.22. The van der Waals surface area contributed by atoms with Gasteiger partial charge in [-0.1, -0.05) is 12.1 Å². The fourth-order valence-corrected chi connectivity index (χ4v) is 2.27. The van der Waals surface area contributed by atoms with Crippen LogP contribution in [0.15, 0.2) is 36.4 Å². The molecule has 4 nitrogen and oxygen atoms in total. The van der Waals surface area contributed by atoms with Gasteiger partial charge in [0.2, 0.25) is 0 Å². The quantitative estimate of drug-likeness (QED) is 0.787. The molecule has 0 spiro atoms. The van der Waals surface area contributed by atoms with Crippen LogP contribution in [0.3, 0.4) is 0 Å². The van der Waals surface area contributed by atoms with Crippen molar-refractivity contribution in [3.8, 4) is 22.6 Å². The Morgan fingerprint density at radius 1 is 0.955 bits per heavy atom. The van der Waals surface area contributed by atoms with E-state index in [9.17, 15) is 4.79 Å². The Morgan fingerprint density at radius 3 is 1.95 bits per heavy atom. The summed E-state index contributed by atoms with van der Waals surface area (Å²) < 4.78 is 15.8. The van der Waals surface area contributed by atoms with Crippen LogP contribution in [0.25, 0.3) is 11.1 Å². The summed E-state index contributed by atoms with van der Waals surface area (Å²) in [5.74, 6) is 1.22. The highest BCUT2D eigenvalue weighted by Gasteiger charge is 2.11. The van der Waals surface area contributed by atoms with Gasteiger partial charge in [-0.2, -0.15) is 0 Å². The van der Waals surface area contributed by atoms with E-state index < -0.39 is 0 Å². The Labute approximate surface area is 130 Å². The molecule has 0 aliphatic heterocycles. The predicted octanol–water partition coefficient (Wildman–Crippen LogP) is 3.86. The van der Waals surface area contributed by atoms with Crippen LogP contribution >= 0.6 is 0 Å². The minimum absolute atomic E-state index is 0.312. The standard InChI is InChI=1S/C18H20O4/c1-5-22-18(19)14-8-6-13(7-9-14)15-10-16(20-3)12(2)17(11-15)21-4/h6-11H,5H2,1-4H3. The van der Waals surface area contributed by atoms with Crippen LogP contribution in [-0.2, 0) is 4.74 Å². The average molecular weight is 300 g/mol. The second-order valence-electron chi connectivity index (χ2n) is 4.80. The van der Waals surface area contributed by atoms with Gasteiger partial charge in [-0.15, -0.1) is 0 Å². The summed E-state index contributed by atoms with van der Waals surface area (Å²) in [4.78, 5) is 11.7. The normalized spacial score (nSPS) is 10.2. The highest BCUT2D eigenvalue weighted by atomic mass is 16.5. The van der Waals surface area contributed by atoms with Gasteiger partial charge in [0.25, 0.3) is 0 Å². The molecule has 2 rings (SSSR count). The molecule has 0 amide bonds. The number of carbonyl (C=O) groups is 1. The third-order valence-corrected chi connectivity index (χ3v) is 3.48. The zero-order valence-corrected chi connectivity index (χ0v) is 13.3. The largest absolute Gasteiger partial charge is 0.496 e. The lowest BCUT2D eigenvalue weighted by atomic mass is 10.0. The van der Waals surface area contributed by atoms with Crippen molar-refractivity contribution >= 4 is 5.97 Å². The predicted molar refractivity (Wildman–Crippen MR) is 85.7 cm³/mol. The van der Waals surface area contributed by atoms with Crippen molar-refractivity contribution in [3.05, 3.63) is 47.5 Å². The van der Waals surface area contributed by atoms with Crippen LogP contribution in [0.2, 0.25) is 0 Å². The average Bonchev–Trinajstić information content (AvgIpc) is 2.55. The summed E-state index contributed by atoms with van der Waals surface area (Å²) in [7, 11) is 3.27. The minimum Gasteiger partial charge on any atom is -0.496 e. The molecule has 4 heteroatoms. The molecule has 0 aromatic heterocycles. The summed E-state index contributed by atoms with van der Waals surface area (Å²) >= 11 is 0. The van der Waals surface area contributed by atoms with Crippen LogP contribution in [0.5, 0.6) is 11.5 Å². The summed E-state index contributed by atoms with van der Waals surface area (Å²) in [5.41, 5.74) is 3.44. The van der Waals surface area contributed by atoms with Crippen LogP contribution in [0.4, 0.5) is 0 Å². The third-order valence-electron chi connectivity index (χ3n) is 3.48. The van der Waals surface area contributed by atoms with Crippen molar-refractivity contribution in [2.75, 3.05) is 20.8 Å². The SMILES string of the molecule is CCOC(=O)c1ccc(-c2cc(OC)c(C)c(OC)c2)cc1. The lowest BCUT2D eigenvalue weighted by Crippen LogP contribution is -2.04. The first-order valence-electron chi connectivity index (χ1n) is 7.10. The maximum Gasteiger partial charge on any atom is 0.338 e. The Balaban J connectivity index is 2.38. The summed E-state index contributed by atoms with van der Waals surface area (Å²) in [6.07, 6.45) is 0. The van der Waals surface area contributed by atoms with E-state index >= 15 is 0 Å². The molecule has 116 valence electrons. The Kier molecular flexibility index (Phi) is 5.04. The number of hydrogen-bond acceptors (Lipinski definition) is 4. The van der Waals surface area contributed by atoms with Gasteiger partial charge >= 0.3 is 5.97 Å². The van der Waals surface area contributed by atoms with Crippen molar-refractivity contribution in [3.63, 3.8) is 0 Å². The minimum atomic E-state index is -0.312. The molecular formula is C18H20O4. The van der Waals surface area contributed by atoms with E-state index in [4.69, 9.17) is 14.2 Å². The van der Waals surface area contributed by atoms with E-state index in [1.54, 1.807) is 33.3 Å². The first-order valence-corrected chi connectivity index (χ1v) is 7.10. The summed E-state index contributed by atoms with van der Waals surface area (Å²) in [6.45, 7) is 4.11. The van der Waals surface area contributed by atoms with Crippen molar-refractivity contribution in [1.29, 1.82) is 0 Å². The first-order chi connectivity index (χ1) is 10.6. The maximum absolute atomic E-state index is 11.7. The van der Waals surface area contributed by atoms with Crippen molar-refractivity contribution in [1.82, 2.24) is 0 Å². The maximum atomic E-state index is 11.7. The Morgan fingerprint density at radius 2 is 1.50 bits per heavy atom. The zero-order valence-electron chi connectivity index (χ0n) is 13.3. The molecule has 22 heavy (non-hydrogen) atoms. The molecule has 0 heterocycles. The van der Waals surface area contributed by atoms with Crippen LogP contribution < -0.4 is 9.47 Å². The monoisotopic (exact) mass is 300 g/mol. The van der Waals surface area contributed by atoms with E-state index in [-0.39, 0.29) is 5.97 Å². The van der Waals surface area contributed by atoms with E-state index in [2.05, 4.69) is 0 Å². The van der Waals surface area contributed by atoms with E-state index in [1.165, 1.54) is 0 Å². The molecule has 2 aromatic carbocycles. The number of methoxy groups -OCH3 is 2. The lowest BCUT2D eigenvalue weighted by Gasteiger charge is -2.13. The number of rotatable bonds is 5. The molecular weight excluding hydrogens is 280 g/mol. The summed E-state index contributed by atoms with van der Waals surface area (Å²) in [5, 5.41) is 0. The van der Waals surface area contributed by atoms with E-state index in [0.717, 1.165) is 28.2 Å². The van der Waals surface area contributed by atoms with Crippen LogP contribution in [-0.4, -0.2) is 26.8 Å².